The number of nitrogens with one attached hydrogen (secondary N) is 1. The van der Waals surface area contributed by atoms with Gasteiger partial charge in [-0.25, -0.2) is 8.42 Å². The largest absolute Gasteiger partial charge is 0.325 e. The first kappa shape index (κ1) is 22.8. The van der Waals surface area contributed by atoms with Crippen LogP contribution in [0.4, 0.5) is 5.69 Å². The Morgan fingerprint density at radius 2 is 1.76 bits per heavy atom. The summed E-state index contributed by atoms with van der Waals surface area (Å²) in [5.74, 6) is -0.630. The predicted octanol–water partition coefficient (Wildman–Crippen LogP) is 3.93. The van der Waals surface area contributed by atoms with Crippen LogP contribution in [0, 0.1) is 13.8 Å². The van der Waals surface area contributed by atoms with Crippen molar-refractivity contribution >= 4 is 27.4 Å². The van der Waals surface area contributed by atoms with Crippen LogP contribution in [0.1, 0.15) is 48.7 Å². The lowest BCUT2D eigenvalue weighted by atomic mass is 10.1. The quantitative estimate of drug-likeness (QED) is 0.661. The second-order valence-corrected chi connectivity index (χ2v) is 9.08. The number of hydrogen-bond acceptors (Lipinski definition) is 4. The summed E-state index contributed by atoms with van der Waals surface area (Å²) >= 11 is 0. The number of anilines is 1. The maximum Gasteiger partial charge on any atom is 0.243 e. The second kappa shape index (κ2) is 9.33. The lowest BCUT2D eigenvalue weighted by molar-refractivity contribution is -0.116. The average molecular weight is 417 g/mol. The SMILES string of the molecule is CCC(C)N(CC(=O)Nc1cccc(C)c1C)S(=O)(=O)c1cccc(C(C)=O)c1. The van der Waals surface area contributed by atoms with E-state index in [9.17, 15) is 18.0 Å². The van der Waals surface area contributed by atoms with E-state index < -0.39 is 15.9 Å². The lowest BCUT2D eigenvalue weighted by Gasteiger charge is -2.27. The fourth-order valence-electron chi connectivity index (χ4n) is 2.91. The van der Waals surface area contributed by atoms with E-state index >= 15 is 0 Å². The Bertz CT molecular complexity index is 1020. The van der Waals surface area contributed by atoms with Gasteiger partial charge in [0, 0.05) is 17.3 Å². The summed E-state index contributed by atoms with van der Waals surface area (Å²) < 4.78 is 27.7. The molecular weight excluding hydrogens is 388 g/mol. The molecule has 7 heteroatoms. The third kappa shape index (κ3) is 5.31. The van der Waals surface area contributed by atoms with Gasteiger partial charge in [0.15, 0.2) is 5.78 Å². The molecular formula is C22H28N2O4S. The Morgan fingerprint density at radius 1 is 1.10 bits per heavy atom. The van der Waals surface area contributed by atoms with Gasteiger partial charge in [0.25, 0.3) is 0 Å². The Morgan fingerprint density at radius 3 is 2.38 bits per heavy atom. The molecule has 2 rings (SSSR count). The van der Waals surface area contributed by atoms with Crippen LogP contribution in [0.2, 0.25) is 0 Å². The molecule has 0 fully saturated rings. The summed E-state index contributed by atoms with van der Waals surface area (Å²) in [5, 5.41) is 2.81. The van der Waals surface area contributed by atoms with Gasteiger partial charge in [-0.1, -0.05) is 31.2 Å². The number of ketones is 1. The number of nitrogens with zero attached hydrogens (tertiary/aromatic N) is 1. The van der Waals surface area contributed by atoms with E-state index in [-0.39, 0.29) is 23.3 Å². The van der Waals surface area contributed by atoms with Crippen molar-refractivity contribution in [2.75, 3.05) is 11.9 Å². The highest BCUT2D eigenvalue weighted by Crippen LogP contribution is 2.22. The molecule has 0 aromatic heterocycles. The summed E-state index contributed by atoms with van der Waals surface area (Å²) in [6.07, 6.45) is 0.544. The van der Waals surface area contributed by atoms with Gasteiger partial charge in [0.1, 0.15) is 0 Å². The van der Waals surface area contributed by atoms with Crippen LogP contribution in [0.5, 0.6) is 0 Å². The van der Waals surface area contributed by atoms with E-state index in [0.717, 1.165) is 11.1 Å². The second-order valence-electron chi connectivity index (χ2n) is 7.19. The van der Waals surface area contributed by atoms with Gasteiger partial charge in [-0.3, -0.25) is 9.59 Å². The maximum atomic E-state index is 13.3. The smallest absolute Gasteiger partial charge is 0.243 e. The van der Waals surface area contributed by atoms with Gasteiger partial charge in [-0.2, -0.15) is 4.31 Å². The normalized spacial score (nSPS) is 12.6. The van der Waals surface area contributed by atoms with Crippen molar-refractivity contribution in [2.45, 2.75) is 52.0 Å². The predicted molar refractivity (Wildman–Crippen MR) is 115 cm³/mol. The van der Waals surface area contributed by atoms with Crippen LogP contribution in [0.25, 0.3) is 0 Å². The molecule has 1 amide bonds. The third-order valence-corrected chi connectivity index (χ3v) is 7.06. The third-order valence-electron chi connectivity index (χ3n) is 5.11. The monoisotopic (exact) mass is 416 g/mol. The zero-order chi connectivity index (χ0) is 21.8. The number of carbonyl (C=O) groups is 2. The number of rotatable bonds is 8. The van der Waals surface area contributed by atoms with Gasteiger partial charge in [-0.05, 0) is 63.4 Å². The molecule has 0 aliphatic rings. The molecule has 2 aromatic rings. The Hall–Kier alpha value is -2.51. The van der Waals surface area contributed by atoms with Crippen molar-refractivity contribution < 1.29 is 18.0 Å². The Kier molecular flexibility index (Phi) is 7.32. The first-order chi connectivity index (χ1) is 13.6. The number of Topliss-reactive ketones (excluding diaryl/α,β-unsaturated/α-hetero) is 1. The first-order valence-electron chi connectivity index (χ1n) is 9.56. The van der Waals surface area contributed by atoms with Crippen molar-refractivity contribution in [1.29, 1.82) is 0 Å². The molecule has 0 aliphatic carbocycles. The lowest BCUT2D eigenvalue weighted by Crippen LogP contribution is -2.43. The van der Waals surface area contributed by atoms with E-state index in [2.05, 4.69) is 5.32 Å². The zero-order valence-electron chi connectivity index (χ0n) is 17.5. The average Bonchev–Trinajstić information content (AvgIpc) is 2.69. The van der Waals surface area contributed by atoms with Crippen LogP contribution in [0.3, 0.4) is 0 Å². The zero-order valence-corrected chi connectivity index (χ0v) is 18.3. The van der Waals surface area contributed by atoms with Crippen LogP contribution >= 0.6 is 0 Å². The van der Waals surface area contributed by atoms with Crippen molar-refractivity contribution in [3.05, 3.63) is 59.2 Å². The molecule has 0 saturated heterocycles. The molecule has 0 spiro atoms. The molecule has 0 aliphatic heterocycles. The number of amides is 1. The van der Waals surface area contributed by atoms with Gasteiger partial charge >= 0.3 is 0 Å². The number of benzene rings is 2. The van der Waals surface area contributed by atoms with E-state index in [1.807, 2.05) is 32.9 Å². The van der Waals surface area contributed by atoms with Gasteiger partial charge in [-0.15, -0.1) is 0 Å². The molecule has 1 atom stereocenters. The fourth-order valence-corrected chi connectivity index (χ4v) is 4.62. The van der Waals surface area contributed by atoms with Crippen molar-refractivity contribution in [2.24, 2.45) is 0 Å². The first-order valence-corrected chi connectivity index (χ1v) is 11.0. The molecule has 0 bridgehead atoms. The van der Waals surface area contributed by atoms with Gasteiger partial charge in [0.2, 0.25) is 15.9 Å². The highest BCUT2D eigenvalue weighted by Gasteiger charge is 2.30. The summed E-state index contributed by atoms with van der Waals surface area (Å²) in [4.78, 5) is 24.3. The highest BCUT2D eigenvalue weighted by molar-refractivity contribution is 7.89. The van der Waals surface area contributed by atoms with Gasteiger partial charge < -0.3 is 5.32 Å². The summed E-state index contributed by atoms with van der Waals surface area (Å²) in [7, 11) is -3.95. The molecule has 6 nitrogen and oxygen atoms in total. The van der Waals surface area contributed by atoms with Gasteiger partial charge in [0.05, 0.1) is 11.4 Å². The minimum Gasteiger partial charge on any atom is -0.325 e. The van der Waals surface area contributed by atoms with Crippen molar-refractivity contribution in [3.63, 3.8) is 0 Å². The maximum absolute atomic E-state index is 13.3. The molecule has 1 N–H and O–H groups in total. The van der Waals surface area contributed by atoms with E-state index in [1.54, 1.807) is 19.1 Å². The Labute approximate surface area is 173 Å². The number of aryl methyl sites for hydroxylation is 1. The molecule has 0 heterocycles. The highest BCUT2D eigenvalue weighted by atomic mass is 32.2. The molecule has 0 radical (unpaired) electrons. The van der Waals surface area contributed by atoms with Crippen LogP contribution in [0.15, 0.2) is 47.4 Å². The van der Waals surface area contributed by atoms with E-state index in [1.165, 1.54) is 29.4 Å². The summed E-state index contributed by atoms with van der Waals surface area (Å²) in [5.41, 5.74) is 2.95. The van der Waals surface area contributed by atoms with Crippen LogP contribution < -0.4 is 5.32 Å². The van der Waals surface area contributed by atoms with Crippen molar-refractivity contribution in [1.82, 2.24) is 4.31 Å². The molecule has 0 saturated carbocycles. The number of carbonyl (C=O) groups excluding carboxylic acids is 2. The molecule has 29 heavy (non-hydrogen) atoms. The van der Waals surface area contributed by atoms with E-state index in [0.29, 0.717) is 17.7 Å². The Balaban J connectivity index is 2.33. The van der Waals surface area contributed by atoms with Crippen LogP contribution in [-0.4, -0.2) is 37.0 Å². The summed E-state index contributed by atoms with van der Waals surface area (Å²) in [6.45, 7) is 8.55. The minimum atomic E-state index is -3.95. The topological polar surface area (TPSA) is 83.6 Å². The van der Waals surface area contributed by atoms with E-state index in [4.69, 9.17) is 0 Å². The number of sulfonamides is 1. The fraction of sp³-hybridized carbons (Fsp3) is 0.364. The summed E-state index contributed by atoms with van der Waals surface area (Å²) in [6, 6.07) is 11.1. The standard InChI is InChI=1S/C22H28N2O4S/c1-6-16(3)24(14-22(26)23-21-12-7-9-15(2)17(21)4)29(27,28)20-11-8-10-19(13-20)18(5)25/h7-13,16H,6,14H2,1-5H3,(H,23,26). The molecule has 2 aromatic carbocycles. The molecule has 1 unspecified atom stereocenters. The minimum absolute atomic E-state index is 0.00466. The van der Waals surface area contributed by atoms with Crippen molar-refractivity contribution in [3.8, 4) is 0 Å². The molecule has 156 valence electrons. The number of hydrogen-bond donors (Lipinski definition) is 1. The van der Waals surface area contributed by atoms with Crippen LogP contribution in [-0.2, 0) is 14.8 Å².